The molecule has 0 amide bonds. The summed E-state index contributed by atoms with van der Waals surface area (Å²) in [4.78, 5) is 25.0. The fraction of sp³-hybridized carbons (Fsp3) is 0.0769. The SMILES string of the molecule is O=C(O)Cc1ncc(-c2c(Cl)c(Cl)c(Cl)c(Cl)c2Cl)cc1[N+](=O)[O-]. The number of aliphatic carboxylic acids is 1. The fourth-order valence-electron chi connectivity index (χ4n) is 1.91. The normalized spacial score (nSPS) is 10.7. The highest BCUT2D eigenvalue weighted by atomic mass is 35.5. The van der Waals surface area contributed by atoms with Gasteiger partial charge in [-0.2, -0.15) is 0 Å². The topological polar surface area (TPSA) is 93.3 Å². The molecule has 126 valence electrons. The molecule has 0 aliphatic heterocycles. The Morgan fingerprint density at radius 2 is 1.58 bits per heavy atom. The van der Waals surface area contributed by atoms with Crippen LogP contribution in [0.25, 0.3) is 11.1 Å². The molecule has 2 aromatic rings. The largest absolute Gasteiger partial charge is 0.481 e. The molecular formula is C13H5Cl5N2O4. The molecule has 11 heteroatoms. The Balaban J connectivity index is 2.73. The zero-order chi connectivity index (χ0) is 18.2. The molecule has 2 rings (SSSR count). The van der Waals surface area contributed by atoms with Gasteiger partial charge in [0, 0.05) is 23.4 Å². The molecule has 0 saturated carbocycles. The van der Waals surface area contributed by atoms with Crippen molar-refractivity contribution in [1.82, 2.24) is 4.98 Å². The van der Waals surface area contributed by atoms with E-state index in [9.17, 15) is 14.9 Å². The van der Waals surface area contributed by atoms with E-state index in [0.29, 0.717) is 0 Å². The second kappa shape index (κ2) is 7.29. The maximum absolute atomic E-state index is 11.2. The van der Waals surface area contributed by atoms with Gasteiger partial charge in [0.25, 0.3) is 5.69 Å². The van der Waals surface area contributed by atoms with Gasteiger partial charge in [-0.05, 0) is 0 Å². The number of carboxylic acids is 1. The summed E-state index contributed by atoms with van der Waals surface area (Å²) in [5, 5.41) is 19.7. The standard InChI is InChI=1S/C13H5Cl5N2O4/c14-9-8(10(15)12(17)13(18)11(9)16)4-1-6(20(23)24)5(19-3-4)2-7(21)22/h1,3H,2H2,(H,21,22). The number of nitro groups is 1. The van der Waals surface area contributed by atoms with Gasteiger partial charge in [0.2, 0.25) is 0 Å². The molecule has 0 saturated heterocycles. The first-order valence-electron chi connectivity index (χ1n) is 6.02. The smallest absolute Gasteiger partial charge is 0.309 e. The minimum absolute atomic E-state index is 0.0537. The molecule has 1 heterocycles. The molecule has 1 N–H and O–H groups in total. The lowest BCUT2D eigenvalue weighted by atomic mass is 10.1. The van der Waals surface area contributed by atoms with Crippen LogP contribution in [0.5, 0.6) is 0 Å². The summed E-state index contributed by atoms with van der Waals surface area (Å²) in [5.41, 5.74) is -0.458. The molecule has 0 unspecified atom stereocenters. The van der Waals surface area contributed by atoms with E-state index < -0.39 is 23.0 Å². The minimum atomic E-state index is -1.26. The quantitative estimate of drug-likeness (QED) is 0.297. The van der Waals surface area contributed by atoms with E-state index in [2.05, 4.69) is 4.98 Å². The maximum atomic E-state index is 11.2. The number of benzene rings is 1. The zero-order valence-corrected chi connectivity index (χ0v) is 15.1. The lowest BCUT2D eigenvalue weighted by Crippen LogP contribution is -2.06. The third-order valence-corrected chi connectivity index (χ3v) is 5.24. The summed E-state index contributed by atoms with van der Waals surface area (Å²) in [7, 11) is 0. The number of hydrogen-bond acceptors (Lipinski definition) is 4. The Bertz CT molecular complexity index is 843. The number of carboxylic acid groups (broad SMARTS) is 1. The lowest BCUT2D eigenvalue weighted by Gasteiger charge is -2.12. The molecule has 24 heavy (non-hydrogen) atoms. The van der Waals surface area contributed by atoms with Gasteiger partial charge in [0.05, 0.1) is 36.5 Å². The molecule has 0 aliphatic rings. The van der Waals surface area contributed by atoms with E-state index in [1.807, 2.05) is 0 Å². The molecule has 0 radical (unpaired) electrons. The van der Waals surface area contributed by atoms with Crippen molar-refractivity contribution in [3.63, 3.8) is 0 Å². The van der Waals surface area contributed by atoms with Gasteiger partial charge in [-0.1, -0.05) is 58.0 Å². The van der Waals surface area contributed by atoms with Crippen molar-refractivity contribution in [2.75, 3.05) is 0 Å². The van der Waals surface area contributed by atoms with Crippen molar-refractivity contribution in [3.8, 4) is 11.1 Å². The number of pyridine rings is 1. The molecule has 6 nitrogen and oxygen atoms in total. The second-order valence-corrected chi connectivity index (χ2v) is 6.35. The van der Waals surface area contributed by atoms with Crippen molar-refractivity contribution in [2.45, 2.75) is 6.42 Å². The molecular weight excluding hydrogens is 425 g/mol. The van der Waals surface area contributed by atoms with Gasteiger partial charge < -0.3 is 5.11 Å². The van der Waals surface area contributed by atoms with Crippen LogP contribution in [0.15, 0.2) is 12.3 Å². The predicted octanol–water partition coefficient (Wildman–Crippen LogP) is 5.55. The van der Waals surface area contributed by atoms with Crippen LogP contribution in [0.4, 0.5) is 5.69 Å². The second-order valence-electron chi connectivity index (χ2n) is 4.46. The summed E-state index contributed by atoms with van der Waals surface area (Å²) in [5.74, 6) is -1.26. The summed E-state index contributed by atoms with van der Waals surface area (Å²) in [6, 6.07) is 1.10. The Labute approximate surface area is 160 Å². The highest BCUT2D eigenvalue weighted by molar-refractivity contribution is 6.56. The number of rotatable bonds is 4. The Morgan fingerprint density at radius 1 is 1.08 bits per heavy atom. The van der Waals surface area contributed by atoms with Gasteiger partial charge in [-0.15, -0.1) is 0 Å². The van der Waals surface area contributed by atoms with E-state index >= 15 is 0 Å². The maximum Gasteiger partial charge on any atom is 0.309 e. The molecule has 1 aromatic heterocycles. The van der Waals surface area contributed by atoms with Gasteiger partial charge in [-0.3, -0.25) is 19.9 Å². The van der Waals surface area contributed by atoms with E-state index in [1.54, 1.807) is 0 Å². The van der Waals surface area contributed by atoms with E-state index in [1.165, 1.54) is 6.20 Å². The lowest BCUT2D eigenvalue weighted by molar-refractivity contribution is -0.385. The number of nitrogens with zero attached hydrogens (tertiary/aromatic N) is 2. The van der Waals surface area contributed by atoms with Crippen LogP contribution in [-0.4, -0.2) is 21.0 Å². The first-order chi connectivity index (χ1) is 11.1. The van der Waals surface area contributed by atoms with Crippen molar-refractivity contribution in [3.05, 3.63) is 53.2 Å². The van der Waals surface area contributed by atoms with Crippen LogP contribution in [0.2, 0.25) is 25.1 Å². The van der Waals surface area contributed by atoms with Crippen LogP contribution in [0, 0.1) is 10.1 Å². The number of aromatic nitrogens is 1. The Kier molecular flexibility index (Phi) is 5.78. The van der Waals surface area contributed by atoms with E-state index in [0.717, 1.165) is 6.07 Å². The Morgan fingerprint density at radius 3 is 2.04 bits per heavy atom. The molecule has 1 aromatic carbocycles. The molecule has 0 spiro atoms. The van der Waals surface area contributed by atoms with Crippen molar-refractivity contribution in [2.24, 2.45) is 0 Å². The van der Waals surface area contributed by atoms with Gasteiger partial charge >= 0.3 is 5.97 Å². The Hall–Kier alpha value is -1.31. The van der Waals surface area contributed by atoms with Crippen LogP contribution in [0.3, 0.4) is 0 Å². The zero-order valence-electron chi connectivity index (χ0n) is 11.3. The fourth-order valence-corrected chi connectivity index (χ4v) is 3.27. The molecule has 0 bridgehead atoms. The van der Waals surface area contributed by atoms with E-state index in [4.69, 9.17) is 63.1 Å². The average molecular weight is 430 g/mol. The average Bonchev–Trinajstić information content (AvgIpc) is 2.51. The number of carbonyl (C=O) groups is 1. The minimum Gasteiger partial charge on any atom is -0.481 e. The van der Waals surface area contributed by atoms with Gasteiger partial charge in [-0.25, -0.2) is 0 Å². The van der Waals surface area contributed by atoms with Gasteiger partial charge in [0.15, 0.2) is 0 Å². The summed E-state index contributed by atoms with van der Waals surface area (Å²) in [6.07, 6.45) is 0.582. The predicted molar refractivity (Wildman–Crippen MR) is 92.7 cm³/mol. The third-order valence-electron chi connectivity index (χ3n) is 2.96. The first-order valence-corrected chi connectivity index (χ1v) is 7.91. The monoisotopic (exact) mass is 428 g/mol. The van der Waals surface area contributed by atoms with Crippen molar-refractivity contribution < 1.29 is 14.8 Å². The van der Waals surface area contributed by atoms with Gasteiger partial charge in [0.1, 0.15) is 5.69 Å². The van der Waals surface area contributed by atoms with Crippen LogP contribution >= 0.6 is 58.0 Å². The van der Waals surface area contributed by atoms with Crippen molar-refractivity contribution in [1.29, 1.82) is 0 Å². The van der Waals surface area contributed by atoms with Crippen LogP contribution < -0.4 is 0 Å². The van der Waals surface area contributed by atoms with E-state index in [-0.39, 0.29) is 41.9 Å². The van der Waals surface area contributed by atoms with Crippen LogP contribution in [-0.2, 0) is 11.2 Å². The highest BCUT2D eigenvalue weighted by Gasteiger charge is 2.24. The van der Waals surface area contributed by atoms with Crippen LogP contribution in [0.1, 0.15) is 5.69 Å². The summed E-state index contributed by atoms with van der Waals surface area (Å²) in [6.45, 7) is 0. The first kappa shape index (κ1) is 19.0. The molecule has 0 fully saturated rings. The number of hydrogen-bond donors (Lipinski definition) is 1. The third kappa shape index (κ3) is 3.53. The summed E-state index contributed by atoms with van der Waals surface area (Å²) < 4.78 is 0. The summed E-state index contributed by atoms with van der Waals surface area (Å²) >= 11 is 30.1. The highest BCUT2D eigenvalue weighted by Crippen LogP contribution is 2.48. The molecule has 0 atom stereocenters. The van der Waals surface area contributed by atoms with Crippen molar-refractivity contribution >= 4 is 69.7 Å². The molecule has 0 aliphatic carbocycles. The number of halogens is 5.